The van der Waals surface area contributed by atoms with Crippen molar-refractivity contribution in [3.8, 4) is 0 Å². The summed E-state index contributed by atoms with van der Waals surface area (Å²) >= 11 is 0. The number of rotatable bonds is 46. The third kappa shape index (κ3) is 38.0. The van der Waals surface area contributed by atoms with Crippen molar-refractivity contribution in [1.29, 1.82) is 0 Å². The molecule has 0 bridgehead atoms. The van der Waals surface area contributed by atoms with Crippen molar-refractivity contribution in [3.63, 3.8) is 0 Å². The molecule has 57 heavy (non-hydrogen) atoms. The lowest BCUT2D eigenvalue weighted by atomic mass is 10.0. The van der Waals surface area contributed by atoms with Crippen molar-refractivity contribution in [3.05, 3.63) is 0 Å². The summed E-state index contributed by atoms with van der Waals surface area (Å²) in [6.07, 6.45) is 46.1. The Balaban J connectivity index is 4.77. The highest BCUT2D eigenvalue weighted by molar-refractivity contribution is 6.80. The summed E-state index contributed by atoms with van der Waals surface area (Å²) < 4.78 is 14.6. The van der Waals surface area contributed by atoms with E-state index in [-0.39, 0.29) is 10.0 Å². The molecule has 0 aliphatic rings. The lowest BCUT2D eigenvalue weighted by molar-refractivity contribution is 0.405. The minimum Gasteiger partial charge on any atom is -0.434 e. The molecular weight excluding hydrogens is 741 g/mol. The van der Waals surface area contributed by atoms with Gasteiger partial charge in [0.25, 0.3) is 0 Å². The zero-order valence-electron chi connectivity index (χ0n) is 41.5. The first-order valence-electron chi connectivity index (χ1n) is 26.6. The molecule has 0 aromatic carbocycles. The molecule has 0 atom stereocenters. The van der Waals surface area contributed by atoms with E-state index in [1.165, 1.54) is 242 Å². The van der Waals surface area contributed by atoms with E-state index in [1.54, 1.807) is 0 Å². The summed E-state index contributed by atoms with van der Waals surface area (Å²) in [5.74, 6) is 2.83. The van der Waals surface area contributed by atoms with Crippen molar-refractivity contribution < 1.29 is 8.23 Å². The lowest BCUT2D eigenvalue weighted by Gasteiger charge is -2.38. The molecule has 2 radical (unpaired) electrons. The van der Waals surface area contributed by atoms with Crippen LogP contribution in [0, 0.1) is 23.7 Å². The van der Waals surface area contributed by atoms with Crippen LogP contribution in [-0.2, 0) is 8.23 Å². The van der Waals surface area contributed by atoms with Crippen LogP contribution >= 0.6 is 0 Å². The van der Waals surface area contributed by atoms with Gasteiger partial charge in [-0.1, -0.05) is 275 Å². The summed E-state index contributed by atoms with van der Waals surface area (Å²) in [5.41, 5.74) is 0. The monoisotopic (exact) mass is 851 g/mol. The highest BCUT2D eigenvalue weighted by atomic mass is 28.4. The standard InChI is InChI=1S/C52H110O2Si3/c1-11-13-15-17-19-21-23-25-27-29-31-33-35-37-39-41-43-56(45-49(3)4,46-50(5)6)53-55-54-57(47-51(7)8,48-52(9)10)44-42-40-38-36-34-32-30-28-26-24-22-20-18-16-14-12-2/h49-52H,11-48H2,1-10H3. The Morgan fingerprint density at radius 2 is 0.456 bits per heavy atom. The van der Waals surface area contributed by atoms with Gasteiger partial charge in [0.2, 0.25) is 0 Å². The SMILES string of the molecule is CCCCCCCCCCCCCCCCCC[Si](CC(C)C)(CC(C)C)O[Si]O[Si](CCCCCCCCCCCCCCCCCC)(CC(C)C)CC(C)C. The zero-order chi connectivity index (χ0) is 42.3. The number of hydrogen-bond acceptors (Lipinski definition) is 2. The van der Waals surface area contributed by atoms with Crippen LogP contribution in [0.4, 0.5) is 0 Å². The maximum absolute atomic E-state index is 7.31. The molecule has 0 heterocycles. The van der Waals surface area contributed by atoms with Crippen molar-refractivity contribution in [1.82, 2.24) is 0 Å². The second-order valence-corrected chi connectivity index (χ2v) is 30.3. The van der Waals surface area contributed by atoms with Gasteiger partial charge >= 0.3 is 10.0 Å². The maximum Gasteiger partial charge on any atom is 0.410 e. The molecule has 0 aliphatic heterocycles. The summed E-state index contributed by atoms with van der Waals surface area (Å²) in [4.78, 5) is 0. The number of hydrogen-bond donors (Lipinski definition) is 0. The molecule has 0 saturated carbocycles. The van der Waals surface area contributed by atoms with E-state index in [1.807, 2.05) is 0 Å². The van der Waals surface area contributed by atoms with Gasteiger partial charge in [-0.15, -0.1) is 0 Å². The van der Waals surface area contributed by atoms with Gasteiger partial charge in [-0.05, 0) is 59.9 Å². The maximum atomic E-state index is 7.31. The minimum absolute atomic E-state index is 0.278. The van der Waals surface area contributed by atoms with Crippen molar-refractivity contribution in [2.24, 2.45) is 23.7 Å². The molecule has 0 spiro atoms. The molecule has 0 unspecified atom stereocenters. The molecule has 0 saturated heterocycles. The van der Waals surface area contributed by atoms with Crippen LogP contribution in [0.15, 0.2) is 0 Å². The van der Waals surface area contributed by atoms with Crippen LogP contribution in [0.3, 0.4) is 0 Å². The molecule has 0 rings (SSSR count). The molecule has 0 aliphatic carbocycles. The highest BCUT2D eigenvalue weighted by Gasteiger charge is 2.40. The first kappa shape index (κ1) is 57.6. The van der Waals surface area contributed by atoms with E-state index in [2.05, 4.69) is 69.2 Å². The first-order chi connectivity index (χ1) is 27.5. The van der Waals surface area contributed by atoms with E-state index < -0.39 is 16.6 Å². The average molecular weight is 852 g/mol. The Morgan fingerprint density at radius 3 is 0.632 bits per heavy atom. The zero-order valence-corrected chi connectivity index (χ0v) is 44.5. The Labute approximate surface area is 367 Å². The van der Waals surface area contributed by atoms with Crippen LogP contribution in [0.2, 0.25) is 36.3 Å². The molecule has 2 nitrogen and oxygen atoms in total. The van der Waals surface area contributed by atoms with Gasteiger partial charge in [-0.3, -0.25) is 0 Å². The van der Waals surface area contributed by atoms with Gasteiger partial charge in [0.05, 0.1) is 0 Å². The van der Waals surface area contributed by atoms with E-state index in [9.17, 15) is 0 Å². The Hall–Kier alpha value is 0.571. The van der Waals surface area contributed by atoms with Crippen LogP contribution in [0.5, 0.6) is 0 Å². The third-order valence-corrected chi connectivity index (χ3v) is 25.5. The predicted octanol–water partition coefficient (Wildman–Crippen LogP) is 19.6. The fraction of sp³-hybridized carbons (Fsp3) is 1.00. The summed E-state index contributed by atoms with van der Waals surface area (Å²) in [5, 5.41) is 0. The second-order valence-electron chi connectivity index (χ2n) is 21.2. The molecular formula is C52H110O2Si3. The average Bonchev–Trinajstić information content (AvgIpc) is 3.13. The highest BCUT2D eigenvalue weighted by Crippen LogP contribution is 2.35. The Morgan fingerprint density at radius 1 is 0.281 bits per heavy atom. The van der Waals surface area contributed by atoms with E-state index in [0.717, 1.165) is 0 Å². The summed E-state index contributed by atoms with van der Waals surface area (Å²) in [7, 11) is -3.47. The van der Waals surface area contributed by atoms with Crippen molar-refractivity contribution >= 4 is 26.6 Å². The molecule has 0 fully saturated rings. The van der Waals surface area contributed by atoms with Crippen LogP contribution < -0.4 is 0 Å². The molecule has 0 aromatic heterocycles. The van der Waals surface area contributed by atoms with Crippen LogP contribution in [-0.4, -0.2) is 26.6 Å². The molecule has 0 aromatic rings. The van der Waals surface area contributed by atoms with Gasteiger partial charge in [0.1, 0.15) is 0 Å². The van der Waals surface area contributed by atoms with E-state index >= 15 is 0 Å². The minimum atomic E-state index is -1.88. The molecule has 5 heteroatoms. The normalized spacial score (nSPS) is 12.7. The van der Waals surface area contributed by atoms with Crippen molar-refractivity contribution in [2.75, 3.05) is 0 Å². The summed E-state index contributed by atoms with van der Waals surface area (Å²) in [6, 6.07) is 7.93. The van der Waals surface area contributed by atoms with Gasteiger partial charge < -0.3 is 8.23 Å². The molecule has 0 amide bonds. The Kier molecular flexibility index (Phi) is 41.0. The van der Waals surface area contributed by atoms with E-state index in [0.29, 0.717) is 23.7 Å². The van der Waals surface area contributed by atoms with Gasteiger partial charge in [-0.2, -0.15) is 0 Å². The second kappa shape index (κ2) is 40.6. The van der Waals surface area contributed by atoms with Gasteiger partial charge in [0.15, 0.2) is 16.6 Å². The fourth-order valence-corrected chi connectivity index (χ4v) is 23.0. The lowest BCUT2D eigenvalue weighted by Crippen LogP contribution is -2.47. The molecule has 0 N–H and O–H groups in total. The van der Waals surface area contributed by atoms with Crippen LogP contribution in [0.25, 0.3) is 0 Å². The predicted molar refractivity (Wildman–Crippen MR) is 267 cm³/mol. The first-order valence-corrected chi connectivity index (χ1v) is 32.5. The largest absolute Gasteiger partial charge is 0.434 e. The summed E-state index contributed by atoms with van der Waals surface area (Å²) in [6.45, 7) is 24.2. The van der Waals surface area contributed by atoms with Gasteiger partial charge in [-0.25, -0.2) is 0 Å². The fourth-order valence-electron chi connectivity index (χ4n) is 10.0. The third-order valence-electron chi connectivity index (χ3n) is 12.6. The topological polar surface area (TPSA) is 18.5 Å². The van der Waals surface area contributed by atoms with Gasteiger partial charge in [0, 0.05) is 0 Å². The smallest absolute Gasteiger partial charge is 0.410 e. The Bertz CT molecular complexity index is 716. The number of unbranched alkanes of at least 4 members (excludes halogenated alkanes) is 30. The quantitative estimate of drug-likeness (QED) is 0.0449. The van der Waals surface area contributed by atoms with Crippen LogP contribution in [0.1, 0.15) is 275 Å². The van der Waals surface area contributed by atoms with E-state index in [4.69, 9.17) is 8.23 Å². The molecule has 342 valence electrons. The van der Waals surface area contributed by atoms with Crippen molar-refractivity contribution in [2.45, 2.75) is 311 Å².